The standard InChI is InChI=1S/C6H8O2/c1-5(7)6-2-3-8-4-6/h2H,3-4H2,1H3. The molecule has 8 heavy (non-hydrogen) atoms. The van der Waals surface area contributed by atoms with Gasteiger partial charge < -0.3 is 4.74 Å². The molecule has 0 unspecified atom stereocenters. The molecule has 0 fully saturated rings. The van der Waals surface area contributed by atoms with Crippen molar-refractivity contribution in [3.63, 3.8) is 0 Å². The van der Waals surface area contributed by atoms with Crippen molar-refractivity contribution in [2.75, 3.05) is 13.2 Å². The predicted molar refractivity (Wildman–Crippen MR) is 29.6 cm³/mol. The predicted octanol–water partition coefficient (Wildman–Crippen LogP) is 0.532. The first-order chi connectivity index (χ1) is 3.80. The molecular weight excluding hydrogens is 104 g/mol. The van der Waals surface area contributed by atoms with Gasteiger partial charge in [0.05, 0.1) is 13.2 Å². The number of ether oxygens (including phenoxy) is 1. The summed E-state index contributed by atoms with van der Waals surface area (Å²) >= 11 is 0. The SMILES string of the molecule is CC(=O)C1=CCOC1. The second-order valence-corrected chi connectivity index (χ2v) is 1.80. The summed E-state index contributed by atoms with van der Waals surface area (Å²) in [5.41, 5.74) is 0.810. The summed E-state index contributed by atoms with van der Waals surface area (Å²) in [4.78, 5) is 10.5. The van der Waals surface area contributed by atoms with Crippen molar-refractivity contribution in [1.82, 2.24) is 0 Å². The molecule has 1 heterocycles. The number of carbonyl (C=O) groups is 1. The minimum Gasteiger partial charge on any atom is -0.373 e. The Balaban J connectivity index is 2.57. The van der Waals surface area contributed by atoms with Crippen LogP contribution in [0.5, 0.6) is 0 Å². The topological polar surface area (TPSA) is 26.3 Å². The minimum atomic E-state index is 0.127. The van der Waals surface area contributed by atoms with Crippen LogP contribution in [0.4, 0.5) is 0 Å². The van der Waals surface area contributed by atoms with Gasteiger partial charge in [0.2, 0.25) is 0 Å². The Bertz CT molecular complexity index is 135. The fourth-order valence-corrected chi connectivity index (χ4v) is 0.633. The highest BCUT2D eigenvalue weighted by Crippen LogP contribution is 2.03. The van der Waals surface area contributed by atoms with E-state index in [1.807, 2.05) is 6.08 Å². The average molecular weight is 112 g/mol. The number of hydrogen-bond acceptors (Lipinski definition) is 2. The fraction of sp³-hybridized carbons (Fsp3) is 0.500. The summed E-state index contributed by atoms with van der Waals surface area (Å²) in [6.07, 6.45) is 1.82. The quantitative estimate of drug-likeness (QED) is 0.494. The maximum atomic E-state index is 10.5. The van der Waals surface area contributed by atoms with Gasteiger partial charge in [0, 0.05) is 5.57 Å². The molecule has 0 aliphatic carbocycles. The van der Waals surface area contributed by atoms with Gasteiger partial charge in [-0.1, -0.05) is 0 Å². The fourth-order valence-electron chi connectivity index (χ4n) is 0.633. The van der Waals surface area contributed by atoms with Crippen LogP contribution < -0.4 is 0 Å². The van der Waals surface area contributed by atoms with Gasteiger partial charge in [-0.25, -0.2) is 0 Å². The lowest BCUT2D eigenvalue weighted by atomic mass is 10.2. The van der Waals surface area contributed by atoms with Crippen molar-refractivity contribution in [3.05, 3.63) is 11.6 Å². The first kappa shape index (κ1) is 5.51. The molecule has 1 aliphatic rings. The molecule has 0 spiro atoms. The molecule has 0 bridgehead atoms. The van der Waals surface area contributed by atoms with Crippen molar-refractivity contribution in [2.24, 2.45) is 0 Å². The van der Waals surface area contributed by atoms with Gasteiger partial charge in [-0.15, -0.1) is 0 Å². The Morgan fingerprint density at radius 1 is 1.88 bits per heavy atom. The molecular formula is C6H8O2. The zero-order valence-electron chi connectivity index (χ0n) is 4.81. The maximum absolute atomic E-state index is 10.5. The summed E-state index contributed by atoms with van der Waals surface area (Å²) in [5.74, 6) is 0.127. The highest BCUT2D eigenvalue weighted by Gasteiger charge is 2.07. The molecule has 0 atom stereocenters. The summed E-state index contributed by atoms with van der Waals surface area (Å²) in [6, 6.07) is 0. The summed E-state index contributed by atoms with van der Waals surface area (Å²) < 4.78 is 4.90. The molecule has 0 saturated carbocycles. The van der Waals surface area contributed by atoms with Crippen LogP contribution >= 0.6 is 0 Å². The zero-order valence-corrected chi connectivity index (χ0v) is 4.81. The van der Waals surface area contributed by atoms with E-state index in [9.17, 15) is 4.79 Å². The van der Waals surface area contributed by atoms with Crippen LogP contribution in [0.1, 0.15) is 6.92 Å². The lowest BCUT2D eigenvalue weighted by Crippen LogP contribution is -1.97. The van der Waals surface area contributed by atoms with Crippen LogP contribution in [-0.2, 0) is 9.53 Å². The Kier molecular flexibility index (Phi) is 1.44. The van der Waals surface area contributed by atoms with Crippen molar-refractivity contribution in [3.8, 4) is 0 Å². The van der Waals surface area contributed by atoms with E-state index in [1.54, 1.807) is 6.92 Å². The molecule has 0 saturated heterocycles. The first-order valence-electron chi connectivity index (χ1n) is 2.58. The molecule has 44 valence electrons. The Morgan fingerprint density at radius 2 is 2.62 bits per heavy atom. The Labute approximate surface area is 48.1 Å². The first-order valence-corrected chi connectivity index (χ1v) is 2.58. The second-order valence-electron chi connectivity index (χ2n) is 1.80. The van der Waals surface area contributed by atoms with Gasteiger partial charge >= 0.3 is 0 Å². The third-order valence-corrected chi connectivity index (χ3v) is 1.16. The minimum absolute atomic E-state index is 0.127. The third kappa shape index (κ3) is 0.954. The normalized spacial score (nSPS) is 18.4. The van der Waals surface area contributed by atoms with Gasteiger partial charge in [-0.2, -0.15) is 0 Å². The lowest BCUT2D eigenvalue weighted by molar-refractivity contribution is -0.113. The van der Waals surface area contributed by atoms with Crippen LogP contribution in [0.15, 0.2) is 11.6 Å². The van der Waals surface area contributed by atoms with Crippen molar-refractivity contribution in [2.45, 2.75) is 6.92 Å². The van der Waals surface area contributed by atoms with Gasteiger partial charge in [0.15, 0.2) is 5.78 Å². The summed E-state index contributed by atoms with van der Waals surface area (Å²) in [6.45, 7) is 2.67. The van der Waals surface area contributed by atoms with Crippen LogP contribution in [0.2, 0.25) is 0 Å². The van der Waals surface area contributed by atoms with Crippen molar-refractivity contribution >= 4 is 5.78 Å². The number of ketones is 1. The van der Waals surface area contributed by atoms with E-state index in [1.165, 1.54) is 0 Å². The zero-order chi connectivity index (χ0) is 5.98. The highest BCUT2D eigenvalue weighted by atomic mass is 16.5. The van der Waals surface area contributed by atoms with E-state index < -0.39 is 0 Å². The summed E-state index contributed by atoms with van der Waals surface area (Å²) in [7, 11) is 0. The van der Waals surface area contributed by atoms with Crippen LogP contribution in [-0.4, -0.2) is 19.0 Å². The number of Topliss-reactive ketones (excluding diaryl/α,β-unsaturated/α-hetero) is 1. The molecule has 0 amide bonds. The van der Waals surface area contributed by atoms with E-state index in [-0.39, 0.29) is 5.78 Å². The number of hydrogen-bond donors (Lipinski definition) is 0. The van der Waals surface area contributed by atoms with Crippen LogP contribution in [0.3, 0.4) is 0 Å². The summed E-state index contributed by atoms with van der Waals surface area (Å²) in [5, 5.41) is 0. The third-order valence-electron chi connectivity index (χ3n) is 1.16. The Hall–Kier alpha value is -0.630. The van der Waals surface area contributed by atoms with Gasteiger partial charge in [0.1, 0.15) is 0 Å². The maximum Gasteiger partial charge on any atom is 0.157 e. The van der Waals surface area contributed by atoms with Crippen LogP contribution in [0, 0.1) is 0 Å². The molecule has 0 aromatic heterocycles. The van der Waals surface area contributed by atoms with Crippen molar-refractivity contribution in [1.29, 1.82) is 0 Å². The monoisotopic (exact) mass is 112 g/mol. The van der Waals surface area contributed by atoms with E-state index in [2.05, 4.69) is 0 Å². The van der Waals surface area contributed by atoms with Gasteiger partial charge in [-0.3, -0.25) is 4.79 Å². The van der Waals surface area contributed by atoms with E-state index in [0.29, 0.717) is 13.2 Å². The van der Waals surface area contributed by atoms with E-state index in [0.717, 1.165) is 5.57 Å². The molecule has 0 radical (unpaired) electrons. The lowest BCUT2D eigenvalue weighted by Gasteiger charge is -1.89. The van der Waals surface area contributed by atoms with E-state index in [4.69, 9.17) is 4.74 Å². The van der Waals surface area contributed by atoms with Crippen molar-refractivity contribution < 1.29 is 9.53 Å². The molecule has 0 N–H and O–H groups in total. The average Bonchev–Trinajstić information content (AvgIpc) is 2.12. The number of carbonyl (C=O) groups excluding carboxylic acids is 1. The molecule has 0 aromatic carbocycles. The number of rotatable bonds is 1. The molecule has 1 aliphatic heterocycles. The Morgan fingerprint density at radius 3 is 2.88 bits per heavy atom. The molecule has 2 nitrogen and oxygen atoms in total. The van der Waals surface area contributed by atoms with Gasteiger partial charge in [-0.05, 0) is 13.0 Å². The van der Waals surface area contributed by atoms with E-state index >= 15 is 0 Å². The smallest absolute Gasteiger partial charge is 0.157 e. The van der Waals surface area contributed by atoms with Gasteiger partial charge in [0.25, 0.3) is 0 Å². The molecule has 1 rings (SSSR count). The largest absolute Gasteiger partial charge is 0.373 e. The molecule has 2 heteroatoms. The molecule has 0 aromatic rings. The second kappa shape index (κ2) is 2.09. The highest BCUT2D eigenvalue weighted by molar-refractivity contribution is 5.93. The van der Waals surface area contributed by atoms with Crippen LogP contribution in [0.25, 0.3) is 0 Å².